The SMILES string of the molecule is CCC(Br)CCNC(=O)c1cccc(C)n1. The molecule has 0 aromatic carbocycles. The van der Waals surface area contributed by atoms with E-state index < -0.39 is 0 Å². The Hall–Kier alpha value is -0.900. The second kappa shape index (κ2) is 6.63. The molecule has 1 rings (SSSR count). The molecule has 0 spiro atoms. The molecule has 16 heavy (non-hydrogen) atoms. The number of nitrogens with zero attached hydrogens (tertiary/aromatic N) is 1. The summed E-state index contributed by atoms with van der Waals surface area (Å²) in [6, 6.07) is 5.45. The quantitative estimate of drug-likeness (QED) is 0.845. The predicted octanol–water partition coefficient (Wildman–Crippen LogP) is 2.68. The molecule has 3 nitrogen and oxygen atoms in total. The zero-order valence-electron chi connectivity index (χ0n) is 9.66. The van der Waals surface area contributed by atoms with Crippen LogP contribution in [0, 0.1) is 6.92 Å². The molecule has 0 aliphatic carbocycles. The minimum Gasteiger partial charge on any atom is -0.351 e. The fourth-order valence-corrected chi connectivity index (χ4v) is 1.54. The first-order valence-corrected chi connectivity index (χ1v) is 6.41. The van der Waals surface area contributed by atoms with Gasteiger partial charge in [-0.05, 0) is 31.9 Å². The molecule has 88 valence electrons. The largest absolute Gasteiger partial charge is 0.351 e. The molecule has 0 aliphatic rings. The highest BCUT2D eigenvalue weighted by Crippen LogP contribution is 2.07. The Balaban J connectivity index is 2.41. The number of nitrogens with one attached hydrogen (secondary N) is 1. The first-order valence-electron chi connectivity index (χ1n) is 5.49. The maximum absolute atomic E-state index is 11.7. The summed E-state index contributed by atoms with van der Waals surface area (Å²) < 4.78 is 0. The lowest BCUT2D eigenvalue weighted by molar-refractivity contribution is 0.0948. The van der Waals surface area contributed by atoms with E-state index >= 15 is 0 Å². The van der Waals surface area contributed by atoms with Gasteiger partial charge in [0.2, 0.25) is 0 Å². The zero-order valence-corrected chi connectivity index (χ0v) is 11.3. The number of halogens is 1. The number of carbonyl (C=O) groups is 1. The first kappa shape index (κ1) is 13.2. The molecular weight excluding hydrogens is 268 g/mol. The summed E-state index contributed by atoms with van der Waals surface area (Å²) in [5.41, 5.74) is 1.35. The number of hydrogen-bond donors (Lipinski definition) is 1. The number of rotatable bonds is 5. The van der Waals surface area contributed by atoms with Crippen molar-refractivity contribution in [3.05, 3.63) is 29.6 Å². The fourth-order valence-electron chi connectivity index (χ4n) is 1.31. The molecule has 4 heteroatoms. The van der Waals surface area contributed by atoms with Gasteiger partial charge >= 0.3 is 0 Å². The summed E-state index contributed by atoms with van der Waals surface area (Å²) >= 11 is 3.53. The van der Waals surface area contributed by atoms with Crippen LogP contribution in [0.4, 0.5) is 0 Å². The summed E-state index contributed by atoms with van der Waals surface area (Å²) in [6.07, 6.45) is 2.01. The maximum atomic E-state index is 11.7. The van der Waals surface area contributed by atoms with Crippen molar-refractivity contribution in [3.8, 4) is 0 Å². The zero-order chi connectivity index (χ0) is 12.0. The Kier molecular flexibility index (Phi) is 5.46. The lowest BCUT2D eigenvalue weighted by atomic mass is 10.2. The molecule has 0 fully saturated rings. The van der Waals surface area contributed by atoms with Crippen molar-refractivity contribution in [2.24, 2.45) is 0 Å². The monoisotopic (exact) mass is 284 g/mol. The van der Waals surface area contributed by atoms with Gasteiger partial charge in [-0.2, -0.15) is 0 Å². The lowest BCUT2D eigenvalue weighted by Crippen LogP contribution is -2.26. The molecule has 0 saturated carbocycles. The van der Waals surface area contributed by atoms with Crippen molar-refractivity contribution in [2.45, 2.75) is 31.5 Å². The minimum atomic E-state index is -0.0977. The third-order valence-corrected chi connectivity index (χ3v) is 3.41. The van der Waals surface area contributed by atoms with Gasteiger partial charge in [0.1, 0.15) is 5.69 Å². The Morgan fingerprint density at radius 2 is 2.31 bits per heavy atom. The Bertz CT molecular complexity index is 355. The van der Waals surface area contributed by atoms with Gasteiger partial charge in [-0.15, -0.1) is 0 Å². The maximum Gasteiger partial charge on any atom is 0.269 e. The van der Waals surface area contributed by atoms with Gasteiger partial charge in [0.15, 0.2) is 0 Å². The van der Waals surface area contributed by atoms with Crippen LogP contribution < -0.4 is 5.32 Å². The number of amides is 1. The predicted molar refractivity (Wildman–Crippen MR) is 68.9 cm³/mol. The van der Waals surface area contributed by atoms with Crippen LogP contribution in [-0.2, 0) is 0 Å². The average Bonchev–Trinajstić information content (AvgIpc) is 2.28. The van der Waals surface area contributed by atoms with Crippen LogP contribution in [0.15, 0.2) is 18.2 Å². The van der Waals surface area contributed by atoms with Gasteiger partial charge in [0, 0.05) is 17.1 Å². The van der Waals surface area contributed by atoms with Crippen molar-refractivity contribution in [2.75, 3.05) is 6.54 Å². The van der Waals surface area contributed by atoms with Crippen LogP contribution in [0.5, 0.6) is 0 Å². The van der Waals surface area contributed by atoms with E-state index in [0.717, 1.165) is 18.5 Å². The van der Waals surface area contributed by atoms with Gasteiger partial charge in [0.05, 0.1) is 0 Å². The number of pyridine rings is 1. The normalized spacial score (nSPS) is 12.2. The van der Waals surface area contributed by atoms with E-state index in [2.05, 4.69) is 33.2 Å². The van der Waals surface area contributed by atoms with Crippen LogP contribution in [0.2, 0.25) is 0 Å². The molecule has 1 N–H and O–H groups in total. The van der Waals surface area contributed by atoms with E-state index in [1.807, 2.05) is 19.1 Å². The van der Waals surface area contributed by atoms with Crippen molar-refractivity contribution in [1.29, 1.82) is 0 Å². The molecule has 0 bridgehead atoms. The van der Waals surface area contributed by atoms with E-state index in [1.54, 1.807) is 6.07 Å². The van der Waals surface area contributed by atoms with Gasteiger partial charge < -0.3 is 5.32 Å². The average molecular weight is 285 g/mol. The highest BCUT2D eigenvalue weighted by Gasteiger charge is 2.07. The molecule has 0 saturated heterocycles. The van der Waals surface area contributed by atoms with Crippen LogP contribution in [0.1, 0.15) is 35.9 Å². The smallest absolute Gasteiger partial charge is 0.269 e. The third kappa shape index (κ3) is 4.31. The van der Waals surface area contributed by atoms with Crippen molar-refractivity contribution in [3.63, 3.8) is 0 Å². The second-order valence-corrected chi connectivity index (χ2v) is 5.01. The number of hydrogen-bond acceptors (Lipinski definition) is 2. The molecule has 0 aliphatic heterocycles. The second-order valence-electron chi connectivity index (χ2n) is 3.71. The van der Waals surface area contributed by atoms with Gasteiger partial charge in [0.25, 0.3) is 5.91 Å². The van der Waals surface area contributed by atoms with E-state index in [9.17, 15) is 4.79 Å². The first-order chi connectivity index (χ1) is 7.63. The molecule has 1 amide bonds. The summed E-state index contributed by atoms with van der Waals surface area (Å²) in [5, 5.41) is 2.86. The highest BCUT2D eigenvalue weighted by molar-refractivity contribution is 9.09. The molecule has 1 atom stereocenters. The van der Waals surface area contributed by atoms with Gasteiger partial charge in [-0.1, -0.05) is 28.9 Å². The summed E-state index contributed by atoms with van der Waals surface area (Å²) in [7, 11) is 0. The van der Waals surface area contributed by atoms with Crippen molar-refractivity contribution < 1.29 is 4.79 Å². The molecule has 1 heterocycles. The molecule has 1 aromatic heterocycles. The topological polar surface area (TPSA) is 42.0 Å². The molecule has 1 unspecified atom stereocenters. The standard InChI is InChI=1S/C12H17BrN2O/c1-3-10(13)7-8-14-12(16)11-6-4-5-9(2)15-11/h4-6,10H,3,7-8H2,1-2H3,(H,14,16). The number of alkyl halides is 1. The fraction of sp³-hybridized carbons (Fsp3) is 0.500. The Morgan fingerprint density at radius 1 is 1.56 bits per heavy atom. The number of aryl methyl sites for hydroxylation is 1. The van der Waals surface area contributed by atoms with Gasteiger partial charge in [-0.25, -0.2) is 4.98 Å². The van der Waals surface area contributed by atoms with Crippen LogP contribution in [0.25, 0.3) is 0 Å². The summed E-state index contributed by atoms with van der Waals surface area (Å²) in [4.78, 5) is 16.3. The minimum absolute atomic E-state index is 0.0977. The Labute approximate surface area is 105 Å². The van der Waals surface area contributed by atoms with E-state index in [4.69, 9.17) is 0 Å². The molecule has 0 radical (unpaired) electrons. The van der Waals surface area contributed by atoms with Crippen LogP contribution >= 0.6 is 15.9 Å². The Morgan fingerprint density at radius 3 is 2.94 bits per heavy atom. The third-order valence-electron chi connectivity index (χ3n) is 2.31. The number of carbonyl (C=O) groups excluding carboxylic acids is 1. The van der Waals surface area contributed by atoms with E-state index in [0.29, 0.717) is 17.1 Å². The van der Waals surface area contributed by atoms with Crippen LogP contribution in [-0.4, -0.2) is 22.3 Å². The van der Waals surface area contributed by atoms with E-state index in [-0.39, 0.29) is 5.91 Å². The summed E-state index contributed by atoms with van der Waals surface area (Å²) in [6.45, 7) is 4.67. The van der Waals surface area contributed by atoms with Crippen molar-refractivity contribution >= 4 is 21.8 Å². The summed E-state index contributed by atoms with van der Waals surface area (Å²) in [5.74, 6) is -0.0977. The molecular formula is C12H17BrN2O. The van der Waals surface area contributed by atoms with Crippen molar-refractivity contribution in [1.82, 2.24) is 10.3 Å². The van der Waals surface area contributed by atoms with Crippen LogP contribution in [0.3, 0.4) is 0 Å². The van der Waals surface area contributed by atoms with E-state index in [1.165, 1.54) is 0 Å². The molecule has 1 aromatic rings. The van der Waals surface area contributed by atoms with Gasteiger partial charge in [-0.3, -0.25) is 4.79 Å². The lowest BCUT2D eigenvalue weighted by Gasteiger charge is -2.08. The number of aromatic nitrogens is 1. The highest BCUT2D eigenvalue weighted by atomic mass is 79.9.